The first-order chi connectivity index (χ1) is 15.7. The predicted octanol–water partition coefficient (Wildman–Crippen LogP) is 4.53. The van der Waals surface area contributed by atoms with Gasteiger partial charge in [0.1, 0.15) is 0 Å². The molecule has 0 saturated carbocycles. The molecule has 2 N–H and O–H groups in total. The van der Waals surface area contributed by atoms with Crippen LogP contribution in [0.25, 0.3) is 0 Å². The molecule has 0 radical (unpaired) electrons. The van der Waals surface area contributed by atoms with Gasteiger partial charge in [0.15, 0.2) is 6.61 Å². The molecule has 2 rings (SSSR count). The molecule has 0 aromatic heterocycles. The summed E-state index contributed by atoms with van der Waals surface area (Å²) in [6, 6.07) is 9.97. The second kappa shape index (κ2) is 12.7. The van der Waals surface area contributed by atoms with Gasteiger partial charge in [-0.05, 0) is 74.7 Å². The highest BCUT2D eigenvalue weighted by Gasteiger charge is 2.11. The topological polar surface area (TPSA) is 111 Å². The summed E-state index contributed by atoms with van der Waals surface area (Å²) in [6.45, 7) is 5.45. The Morgan fingerprint density at radius 1 is 0.848 bits per heavy atom. The van der Waals surface area contributed by atoms with Gasteiger partial charge >= 0.3 is 11.9 Å². The van der Waals surface area contributed by atoms with E-state index < -0.39 is 24.5 Å². The van der Waals surface area contributed by atoms with E-state index in [1.807, 2.05) is 26.0 Å². The number of esters is 2. The Hall–Kier alpha value is -3.20. The van der Waals surface area contributed by atoms with Crippen LogP contribution in [-0.4, -0.2) is 37.0 Å². The van der Waals surface area contributed by atoms with Crippen LogP contribution in [-0.2, 0) is 23.9 Å². The van der Waals surface area contributed by atoms with Crippen molar-refractivity contribution in [1.29, 1.82) is 0 Å². The van der Waals surface area contributed by atoms with Crippen LogP contribution in [0.1, 0.15) is 47.7 Å². The first-order valence-electron chi connectivity index (χ1n) is 10.5. The lowest BCUT2D eigenvalue weighted by Gasteiger charge is -2.10. The first-order valence-corrected chi connectivity index (χ1v) is 11.3. The molecule has 0 atom stereocenters. The van der Waals surface area contributed by atoms with Crippen molar-refractivity contribution in [3.63, 3.8) is 0 Å². The molecular formula is C24H27BrN2O6. The van der Waals surface area contributed by atoms with Crippen LogP contribution in [0, 0.1) is 13.8 Å². The summed E-state index contributed by atoms with van der Waals surface area (Å²) in [4.78, 5) is 47.6. The Kier molecular flexibility index (Phi) is 10.1. The number of carbonyl (C=O) groups is 4. The van der Waals surface area contributed by atoms with E-state index in [9.17, 15) is 19.2 Å². The van der Waals surface area contributed by atoms with E-state index in [2.05, 4.69) is 26.6 Å². The smallest absolute Gasteiger partial charge is 0.338 e. The van der Waals surface area contributed by atoms with Gasteiger partial charge in [0.05, 0.1) is 12.2 Å². The fraction of sp³-hybridized carbons (Fsp3) is 0.333. The van der Waals surface area contributed by atoms with Gasteiger partial charge in [-0.2, -0.15) is 0 Å². The summed E-state index contributed by atoms with van der Waals surface area (Å²) in [6.07, 6.45) is 0.398. The molecule has 0 aliphatic carbocycles. The summed E-state index contributed by atoms with van der Waals surface area (Å²) >= 11 is 3.47. The summed E-state index contributed by atoms with van der Waals surface area (Å²) in [7, 11) is 0. The molecule has 9 heteroatoms. The second-order valence-electron chi connectivity index (χ2n) is 7.33. The lowest BCUT2D eigenvalue weighted by molar-refractivity contribution is -0.147. The normalized spacial score (nSPS) is 10.3. The number of ether oxygens (including phenoxy) is 2. The minimum atomic E-state index is -0.556. The van der Waals surface area contributed by atoms with Gasteiger partial charge in [0.25, 0.3) is 5.91 Å². The van der Waals surface area contributed by atoms with E-state index in [-0.39, 0.29) is 31.8 Å². The Morgan fingerprint density at radius 2 is 1.45 bits per heavy atom. The van der Waals surface area contributed by atoms with Crippen molar-refractivity contribution in [2.24, 2.45) is 0 Å². The first kappa shape index (κ1) is 26.1. The number of rotatable bonds is 10. The lowest BCUT2D eigenvalue weighted by Crippen LogP contribution is -2.21. The number of halogens is 1. The Balaban J connectivity index is 1.67. The maximum Gasteiger partial charge on any atom is 0.338 e. The zero-order valence-corrected chi connectivity index (χ0v) is 20.4. The van der Waals surface area contributed by atoms with Gasteiger partial charge in [-0.25, -0.2) is 4.79 Å². The molecule has 0 unspecified atom stereocenters. The molecule has 8 nitrogen and oxygen atoms in total. The molecule has 0 spiro atoms. The second-order valence-corrected chi connectivity index (χ2v) is 8.13. The molecule has 0 aliphatic heterocycles. The van der Waals surface area contributed by atoms with Gasteiger partial charge in [-0.15, -0.1) is 0 Å². The third kappa shape index (κ3) is 8.69. The predicted molar refractivity (Wildman–Crippen MR) is 128 cm³/mol. The van der Waals surface area contributed by atoms with Gasteiger partial charge in [-0.1, -0.05) is 15.9 Å². The van der Waals surface area contributed by atoms with Crippen molar-refractivity contribution < 1.29 is 28.7 Å². The van der Waals surface area contributed by atoms with Crippen molar-refractivity contribution in [3.05, 3.63) is 57.6 Å². The molecule has 0 fully saturated rings. The Bertz CT molecular complexity index is 997. The third-order valence-electron chi connectivity index (χ3n) is 4.55. The highest BCUT2D eigenvalue weighted by atomic mass is 79.9. The summed E-state index contributed by atoms with van der Waals surface area (Å²) in [5.41, 5.74) is 3.52. The highest BCUT2D eigenvalue weighted by Crippen LogP contribution is 2.25. The number of carbonyl (C=O) groups excluding carboxylic acids is 4. The minimum Gasteiger partial charge on any atom is -0.462 e. The molecule has 2 amide bonds. The summed E-state index contributed by atoms with van der Waals surface area (Å²) in [5, 5.41) is 5.39. The van der Waals surface area contributed by atoms with Crippen LogP contribution in [0.4, 0.5) is 11.4 Å². The largest absolute Gasteiger partial charge is 0.462 e. The quantitative estimate of drug-likeness (QED) is 0.447. The standard InChI is InChI=1S/C24H27BrN2O6/c1-4-32-24(31)17-8-10-18(11-9-17)26-20(28)6-5-7-22(30)33-14-21(29)27-19-12-15(2)23(25)16(3)13-19/h8-13H,4-7,14H2,1-3H3,(H,26,28)(H,27,29). The van der Waals surface area contributed by atoms with Gasteiger partial charge in [0, 0.05) is 28.7 Å². The van der Waals surface area contributed by atoms with Gasteiger partial charge < -0.3 is 20.1 Å². The maximum atomic E-state index is 12.0. The fourth-order valence-corrected chi connectivity index (χ4v) is 3.18. The van der Waals surface area contributed by atoms with Gasteiger partial charge in [0.2, 0.25) is 5.91 Å². The molecule has 0 aliphatic rings. The number of hydrogen-bond donors (Lipinski definition) is 2. The van der Waals surface area contributed by atoms with E-state index in [1.165, 1.54) is 0 Å². The lowest BCUT2D eigenvalue weighted by atomic mass is 10.1. The van der Waals surface area contributed by atoms with Crippen LogP contribution in [0.2, 0.25) is 0 Å². The number of benzene rings is 2. The zero-order valence-electron chi connectivity index (χ0n) is 18.8. The van der Waals surface area contributed by atoms with Crippen LogP contribution < -0.4 is 10.6 Å². The van der Waals surface area contributed by atoms with Crippen LogP contribution in [0.5, 0.6) is 0 Å². The Morgan fingerprint density at radius 3 is 2.06 bits per heavy atom. The van der Waals surface area contributed by atoms with Gasteiger partial charge in [-0.3, -0.25) is 14.4 Å². The van der Waals surface area contributed by atoms with E-state index in [1.54, 1.807) is 31.2 Å². The third-order valence-corrected chi connectivity index (χ3v) is 5.80. The average molecular weight is 519 g/mol. The van der Waals surface area contributed by atoms with Crippen molar-refractivity contribution in [2.45, 2.75) is 40.0 Å². The SMILES string of the molecule is CCOC(=O)c1ccc(NC(=O)CCCC(=O)OCC(=O)Nc2cc(C)c(Br)c(C)c2)cc1. The Labute approximate surface area is 201 Å². The zero-order chi connectivity index (χ0) is 24.4. The molecule has 0 saturated heterocycles. The number of hydrogen-bond acceptors (Lipinski definition) is 6. The van der Waals surface area contributed by atoms with Crippen LogP contribution in [0.15, 0.2) is 40.9 Å². The van der Waals surface area contributed by atoms with Crippen LogP contribution in [0.3, 0.4) is 0 Å². The molecule has 33 heavy (non-hydrogen) atoms. The van der Waals surface area contributed by atoms with E-state index in [0.717, 1.165) is 15.6 Å². The van der Waals surface area contributed by atoms with E-state index in [4.69, 9.17) is 9.47 Å². The van der Waals surface area contributed by atoms with E-state index >= 15 is 0 Å². The minimum absolute atomic E-state index is 0.0129. The van der Waals surface area contributed by atoms with Crippen LogP contribution >= 0.6 is 15.9 Å². The summed E-state index contributed by atoms with van der Waals surface area (Å²) < 4.78 is 10.9. The molecule has 0 heterocycles. The summed E-state index contributed by atoms with van der Waals surface area (Å²) in [5.74, 6) is -1.69. The maximum absolute atomic E-state index is 12.0. The number of aryl methyl sites for hydroxylation is 2. The number of nitrogens with one attached hydrogen (secondary N) is 2. The molecule has 0 bridgehead atoms. The van der Waals surface area contributed by atoms with Crippen molar-refractivity contribution in [2.75, 3.05) is 23.8 Å². The molecular weight excluding hydrogens is 492 g/mol. The monoisotopic (exact) mass is 518 g/mol. The van der Waals surface area contributed by atoms with Crippen molar-refractivity contribution in [1.82, 2.24) is 0 Å². The molecule has 176 valence electrons. The van der Waals surface area contributed by atoms with E-state index in [0.29, 0.717) is 16.9 Å². The van der Waals surface area contributed by atoms with Crippen molar-refractivity contribution >= 4 is 51.1 Å². The number of amides is 2. The van der Waals surface area contributed by atoms with Crippen molar-refractivity contribution in [3.8, 4) is 0 Å². The average Bonchev–Trinajstić information content (AvgIpc) is 2.76. The fourth-order valence-electron chi connectivity index (χ4n) is 2.95. The number of anilines is 2. The molecule has 2 aromatic rings. The highest BCUT2D eigenvalue weighted by molar-refractivity contribution is 9.10. The molecule has 2 aromatic carbocycles.